The lowest BCUT2D eigenvalue weighted by molar-refractivity contribution is -0.136. The lowest BCUT2D eigenvalue weighted by atomic mass is 9.98. The molecular formula is C15H11N3O5. The number of benzene rings is 1. The minimum Gasteiger partial charge on any atom is -0.478 e. The molecule has 3 rings (SSSR count). The summed E-state index contributed by atoms with van der Waals surface area (Å²) in [6, 6.07) is 3.59. The van der Waals surface area contributed by atoms with Crippen molar-refractivity contribution in [1.82, 2.24) is 10.2 Å². The van der Waals surface area contributed by atoms with Crippen LogP contribution in [0.2, 0.25) is 0 Å². The maximum Gasteiger partial charge on any atom is 0.336 e. The van der Waals surface area contributed by atoms with Crippen molar-refractivity contribution in [2.75, 3.05) is 0 Å². The summed E-state index contributed by atoms with van der Waals surface area (Å²) in [4.78, 5) is 48.3. The Kier molecular flexibility index (Phi) is 3.33. The third kappa shape index (κ3) is 2.23. The molecular weight excluding hydrogens is 302 g/mol. The minimum absolute atomic E-state index is 0.0251. The summed E-state index contributed by atoms with van der Waals surface area (Å²) in [6.45, 7) is -0.0718. The van der Waals surface area contributed by atoms with Gasteiger partial charge in [0, 0.05) is 18.5 Å². The number of fused-ring (bicyclic) bond motifs is 1. The second kappa shape index (κ2) is 5.21. The predicted molar refractivity (Wildman–Crippen MR) is 74.2 cm³/mol. The van der Waals surface area contributed by atoms with Crippen LogP contribution in [0, 0.1) is 11.3 Å². The number of carbonyl (C=O) groups excluding carboxylic acids is 3. The molecule has 0 radical (unpaired) electrons. The molecule has 8 heteroatoms. The highest BCUT2D eigenvalue weighted by atomic mass is 16.4. The standard InChI is InChI=1S/C15H11N3O5/c16-5-7-1-2-8(15(22)23)9-6-18(14(21)12(7)9)10-3-4-11(19)17-13(10)20/h1-2,10H,3-4,6H2,(H,22,23)(H,17,19,20). The number of piperidine rings is 1. The van der Waals surface area contributed by atoms with Crippen LogP contribution in [0.1, 0.15) is 44.7 Å². The number of amides is 3. The van der Waals surface area contributed by atoms with E-state index in [0.29, 0.717) is 0 Å². The molecule has 116 valence electrons. The van der Waals surface area contributed by atoms with E-state index in [2.05, 4.69) is 5.32 Å². The second-order valence-corrected chi connectivity index (χ2v) is 5.33. The molecule has 23 heavy (non-hydrogen) atoms. The fraction of sp³-hybridized carbons (Fsp3) is 0.267. The number of carboxylic acid groups (broad SMARTS) is 1. The van der Waals surface area contributed by atoms with Crippen molar-refractivity contribution in [2.24, 2.45) is 0 Å². The van der Waals surface area contributed by atoms with Gasteiger partial charge in [0.2, 0.25) is 11.8 Å². The van der Waals surface area contributed by atoms with E-state index in [1.165, 1.54) is 17.0 Å². The summed E-state index contributed by atoms with van der Waals surface area (Å²) in [5.41, 5.74) is 0.260. The molecule has 1 fully saturated rings. The highest BCUT2D eigenvalue weighted by Crippen LogP contribution is 2.32. The van der Waals surface area contributed by atoms with Gasteiger partial charge >= 0.3 is 5.97 Å². The number of rotatable bonds is 2. The van der Waals surface area contributed by atoms with Crippen LogP contribution in [0.4, 0.5) is 0 Å². The van der Waals surface area contributed by atoms with E-state index in [0.717, 1.165) is 0 Å². The average Bonchev–Trinajstić information content (AvgIpc) is 2.84. The Morgan fingerprint density at radius 3 is 2.70 bits per heavy atom. The van der Waals surface area contributed by atoms with Gasteiger partial charge in [-0.2, -0.15) is 5.26 Å². The molecule has 0 bridgehead atoms. The number of hydrogen-bond donors (Lipinski definition) is 2. The molecule has 2 aliphatic rings. The van der Waals surface area contributed by atoms with E-state index in [9.17, 15) is 24.3 Å². The quantitative estimate of drug-likeness (QED) is 0.741. The smallest absolute Gasteiger partial charge is 0.336 e. The lowest BCUT2D eigenvalue weighted by Crippen LogP contribution is -2.52. The molecule has 2 N–H and O–H groups in total. The van der Waals surface area contributed by atoms with Gasteiger partial charge in [-0.05, 0) is 18.6 Å². The summed E-state index contributed by atoms with van der Waals surface area (Å²) in [5.74, 6) is -2.75. The SMILES string of the molecule is N#Cc1ccc(C(=O)O)c2c1C(=O)N(C1CCC(=O)NC1=O)C2. The van der Waals surface area contributed by atoms with Gasteiger partial charge in [0.15, 0.2) is 0 Å². The molecule has 1 aromatic carbocycles. The number of nitrogens with one attached hydrogen (secondary N) is 1. The first kappa shape index (κ1) is 14.7. The predicted octanol–water partition coefficient (Wildman–Crippen LogP) is 0.0175. The monoisotopic (exact) mass is 313 g/mol. The molecule has 1 saturated heterocycles. The molecule has 0 aromatic heterocycles. The van der Waals surface area contributed by atoms with Crippen molar-refractivity contribution in [3.8, 4) is 6.07 Å². The van der Waals surface area contributed by atoms with E-state index >= 15 is 0 Å². The summed E-state index contributed by atoms with van der Waals surface area (Å²) >= 11 is 0. The average molecular weight is 313 g/mol. The van der Waals surface area contributed by atoms with Gasteiger partial charge in [-0.3, -0.25) is 19.7 Å². The van der Waals surface area contributed by atoms with Crippen molar-refractivity contribution in [2.45, 2.75) is 25.4 Å². The molecule has 1 aromatic rings. The van der Waals surface area contributed by atoms with Crippen molar-refractivity contribution >= 4 is 23.7 Å². The normalized spacial score (nSPS) is 20.0. The van der Waals surface area contributed by atoms with Gasteiger partial charge in [-0.15, -0.1) is 0 Å². The molecule has 1 unspecified atom stereocenters. The zero-order chi connectivity index (χ0) is 16.7. The van der Waals surface area contributed by atoms with Crippen molar-refractivity contribution in [3.63, 3.8) is 0 Å². The number of carbonyl (C=O) groups is 4. The number of carboxylic acids is 1. The summed E-state index contributed by atoms with van der Waals surface area (Å²) in [6.07, 6.45) is 0.280. The fourth-order valence-corrected chi connectivity index (χ4v) is 2.97. The number of aromatic carboxylic acids is 1. The van der Waals surface area contributed by atoms with Gasteiger partial charge in [0.1, 0.15) is 6.04 Å². The van der Waals surface area contributed by atoms with Crippen LogP contribution >= 0.6 is 0 Å². The minimum atomic E-state index is -1.20. The summed E-state index contributed by atoms with van der Waals surface area (Å²) < 4.78 is 0. The zero-order valence-electron chi connectivity index (χ0n) is 11.8. The van der Waals surface area contributed by atoms with Gasteiger partial charge in [-0.1, -0.05) is 0 Å². The fourth-order valence-electron chi connectivity index (χ4n) is 2.97. The van der Waals surface area contributed by atoms with Gasteiger partial charge in [0.25, 0.3) is 5.91 Å². The topological polar surface area (TPSA) is 128 Å². The van der Waals surface area contributed by atoms with Gasteiger partial charge in [-0.25, -0.2) is 4.79 Å². The third-order valence-corrected chi connectivity index (χ3v) is 4.05. The van der Waals surface area contributed by atoms with Crippen LogP contribution in [0.15, 0.2) is 12.1 Å². The summed E-state index contributed by atoms with van der Waals surface area (Å²) in [7, 11) is 0. The number of hydrogen-bond acceptors (Lipinski definition) is 5. The maximum atomic E-state index is 12.6. The van der Waals surface area contributed by atoms with E-state index in [4.69, 9.17) is 5.26 Å². The van der Waals surface area contributed by atoms with Crippen molar-refractivity contribution in [3.05, 3.63) is 34.4 Å². The molecule has 2 aliphatic heterocycles. The second-order valence-electron chi connectivity index (χ2n) is 5.33. The maximum absolute atomic E-state index is 12.6. The van der Waals surface area contributed by atoms with Crippen LogP contribution in [0.25, 0.3) is 0 Å². The van der Waals surface area contributed by atoms with Crippen LogP contribution < -0.4 is 5.32 Å². The van der Waals surface area contributed by atoms with E-state index < -0.39 is 29.7 Å². The Morgan fingerprint density at radius 1 is 1.35 bits per heavy atom. The first-order chi connectivity index (χ1) is 10.9. The molecule has 0 saturated carbocycles. The summed E-state index contributed by atoms with van der Waals surface area (Å²) in [5, 5.41) is 20.6. The molecule has 0 aliphatic carbocycles. The number of nitriles is 1. The Morgan fingerprint density at radius 2 is 2.09 bits per heavy atom. The Bertz CT molecular complexity index is 808. The van der Waals surface area contributed by atoms with Gasteiger partial charge < -0.3 is 10.0 Å². The van der Waals surface area contributed by atoms with Crippen LogP contribution in [-0.2, 0) is 16.1 Å². The first-order valence-corrected chi connectivity index (χ1v) is 6.88. The Balaban J connectivity index is 2.03. The first-order valence-electron chi connectivity index (χ1n) is 6.88. The number of nitrogens with zero attached hydrogens (tertiary/aromatic N) is 2. The molecule has 1 atom stereocenters. The lowest BCUT2D eigenvalue weighted by Gasteiger charge is -2.29. The van der Waals surface area contributed by atoms with Crippen molar-refractivity contribution < 1.29 is 24.3 Å². The van der Waals surface area contributed by atoms with Gasteiger partial charge in [0.05, 0.1) is 22.8 Å². The van der Waals surface area contributed by atoms with Crippen molar-refractivity contribution in [1.29, 1.82) is 5.26 Å². The zero-order valence-corrected chi connectivity index (χ0v) is 11.8. The van der Waals surface area contributed by atoms with Crippen LogP contribution in [0.3, 0.4) is 0 Å². The Hall–Kier alpha value is -3.21. The highest BCUT2D eigenvalue weighted by molar-refractivity contribution is 6.08. The van der Waals surface area contributed by atoms with Crippen LogP contribution in [0.5, 0.6) is 0 Å². The molecule has 2 heterocycles. The van der Waals surface area contributed by atoms with E-state index in [1.54, 1.807) is 0 Å². The molecule has 0 spiro atoms. The number of imide groups is 1. The molecule has 3 amide bonds. The largest absolute Gasteiger partial charge is 0.478 e. The Labute approximate surface area is 130 Å². The van der Waals surface area contributed by atoms with E-state index in [-0.39, 0.29) is 41.6 Å². The van der Waals surface area contributed by atoms with E-state index in [1.807, 2.05) is 6.07 Å². The molecule has 8 nitrogen and oxygen atoms in total. The third-order valence-electron chi connectivity index (χ3n) is 4.05. The van der Waals surface area contributed by atoms with Crippen LogP contribution in [-0.4, -0.2) is 39.7 Å². The highest BCUT2D eigenvalue weighted by Gasteiger charge is 2.41.